The number of carbonyl (C=O) groups excluding carboxylic acids is 1. The molecule has 3 nitrogen and oxygen atoms in total. The number of rotatable bonds is 3. The summed E-state index contributed by atoms with van der Waals surface area (Å²) in [7, 11) is 1.52. The van der Waals surface area contributed by atoms with E-state index in [1.807, 2.05) is 26.0 Å². The van der Waals surface area contributed by atoms with Gasteiger partial charge in [0.1, 0.15) is 11.4 Å². The van der Waals surface area contributed by atoms with Gasteiger partial charge in [-0.1, -0.05) is 0 Å². The molecule has 2 aromatic rings. The topological polar surface area (TPSA) is 46.3 Å². The Morgan fingerprint density at radius 1 is 1.29 bits per heavy atom. The molecule has 0 fully saturated rings. The van der Waals surface area contributed by atoms with Crippen molar-refractivity contribution in [3.05, 3.63) is 51.2 Å². The van der Waals surface area contributed by atoms with E-state index in [0.717, 1.165) is 21.9 Å². The van der Waals surface area contributed by atoms with E-state index in [9.17, 15) is 13.6 Å². The number of hydrogen-bond acceptors (Lipinski definition) is 3. The number of halogens is 2. The molecule has 0 radical (unpaired) electrons. The van der Waals surface area contributed by atoms with Gasteiger partial charge in [0.15, 0.2) is 5.82 Å². The van der Waals surface area contributed by atoms with Crippen molar-refractivity contribution in [3.63, 3.8) is 0 Å². The van der Waals surface area contributed by atoms with Gasteiger partial charge in [0.25, 0.3) is 5.91 Å². The van der Waals surface area contributed by atoms with Crippen LogP contribution >= 0.6 is 11.3 Å². The van der Waals surface area contributed by atoms with Gasteiger partial charge >= 0.3 is 0 Å². The molecule has 1 amide bonds. The average Bonchev–Trinajstić information content (AvgIpc) is 2.88. The fourth-order valence-electron chi connectivity index (χ4n) is 1.99. The van der Waals surface area contributed by atoms with Crippen molar-refractivity contribution < 1.29 is 13.6 Å². The Balaban J connectivity index is 2.34. The maximum atomic E-state index is 13.9. The van der Waals surface area contributed by atoms with E-state index in [1.165, 1.54) is 11.9 Å². The molecule has 21 heavy (non-hydrogen) atoms. The summed E-state index contributed by atoms with van der Waals surface area (Å²) in [5.41, 5.74) is 4.55. The lowest BCUT2D eigenvalue weighted by atomic mass is 10.1. The quantitative estimate of drug-likeness (QED) is 0.878. The highest BCUT2D eigenvalue weighted by Gasteiger charge is 2.26. The van der Waals surface area contributed by atoms with Crippen molar-refractivity contribution in [2.24, 2.45) is 0 Å². The molecule has 6 heteroatoms. The minimum absolute atomic E-state index is 0.243. The molecule has 1 aromatic carbocycles. The Kier molecular flexibility index (Phi) is 4.27. The van der Waals surface area contributed by atoms with Gasteiger partial charge in [-0.25, -0.2) is 8.78 Å². The number of benzene rings is 1. The van der Waals surface area contributed by atoms with Crippen LogP contribution in [0.3, 0.4) is 0 Å². The van der Waals surface area contributed by atoms with Crippen LogP contribution in [0, 0.1) is 18.6 Å². The van der Waals surface area contributed by atoms with Gasteiger partial charge < -0.3 is 10.6 Å². The SMILES string of the molecule is Cc1ccc(C(C)N(C)C(=O)c2c(F)ccc(N)c2F)s1. The molecule has 0 saturated carbocycles. The number of nitrogens with zero attached hydrogens (tertiary/aromatic N) is 1. The monoisotopic (exact) mass is 310 g/mol. The van der Waals surface area contributed by atoms with Crippen LogP contribution in [0.1, 0.15) is 33.1 Å². The molecule has 0 saturated heterocycles. The van der Waals surface area contributed by atoms with Gasteiger partial charge in [0, 0.05) is 16.8 Å². The van der Waals surface area contributed by atoms with E-state index in [2.05, 4.69) is 0 Å². The summed E-state index contributed by atoms with van der Waals surface area (Å²) in [6, 6.07) is 5.67. The predicted octanol–water partition coefficient (Wildman–Crippen LogP) is 3.75. The van der Waals surface area contributed by atoms with E-state index in [0.29, 0.717) is 0 Å². The first kappa shape index (κ1) is 15.4. The maximum Gasteiger partial charge on any atom is 0.260 e. The summed E-state index contributed by atoms with van der Waals surface area (Å²) in [5.74, 6) is -2.65. The number of nitrogen functional groups attached to an aromatic ring is 1. The van der Waals surface area contributed by atoms with Crippen LogP contribution in [0.4, 0.5) is 14.5 Å². The second-order valence-electron chi connectivity index (χ2n) is 4.87. The molecular weight excluding hydrogens is 294 g/mol. The molecule has 112 valence electrons. The lowest BCUT2D eigenvalue weighted by molar-refractivity contribution is 0.0735. The van der Waals surface area contributed by atoms with Crippen LogP contribution in [0.2, 0.25) is 0 Å². The molecule has 0 aliphatic carbocycles. The zero-order chi connectivity index (χ0) is 15.7. The van der Waals surface area contributed by atoms with Crippen LogP contribution < -0.4 is 5.73 Å². The molecule has 2 N–H and O–H groups in total. The zero-order valence-corrected chi connectivity index (χ0v) is 12.8. The number of hydrogen-bond donors (Lipinski definition) is 1. The normalized spacial score (nSPS) is 12.2. The summed E-state index contributed by atoms with van der Waals surface area (Å²) >= 11 is 1.54. The highest BCUT2D eigenvalue weighted by Crippen LogP contribution is 2.29. The summed E-state index contributed by atoms with van der Waals surface area (Å²) in [5, 5.41) is 0. The number of thiophene rings is 1. The largest absolute Gasteiger partial charge is 0.396 e. The molecule has 0 bridgehead atoms. The standard InChI is InChI=1S/C15H16F2N2OS/c1-8-4-7-12(21-8)9(2)19(3)15(20)13-10(16)5-6-11(18)14(13)17/h4-7,9H,18H2,1-3H3. The van der Waals surface area contributed by atoms with Crippen molar-refractivity contribution in [2.75, 3.05) is 12.8 Å². The smallest absolute Gasteiger partial charge is 0.260 e. The molecule has 0 spiro atoms. The zero-order valence-electron chi connectivity index (χ0n) is 12.0. The van der Waals surface area contributed by atoms with Gasteiger partial charge in [-0.2, -0.15) is 0 Å². The van der Waals surface area contributed by atoms with E-state index in [-0.39, 0.29) is 11.7 Å². The fourth-order valence-corrected chi connectivity index (χ4v) is 2.96. The summed E-state index contributed by atoms with van der Waals surface area (Å²) in [6.45, 7) is 3.77. The summed E-state index contributed by atoms with van der Waals surface area (Å²) in [4.78, 5) is 15.7. The third kappa shape index (κ3) is 2.90. The average molecular weight is 310 g/mol. The number of aryl methyl sites for hydroxylation is 1. The van der Waals surface area contributed by atoms with E-state index in [4.69, 9.17) is 5.73 Å². The Hall–Kier alpha value is -1.95. The molecule has 1 unspecified atom stereocenters. The first-order chi connectivity index (χ1) is 9.82. The number of nitrogens with two attached hydrogens (primary N) is 1. The van der Waals surface area contributed by atoms with Crippen molar-refractivity contribution in [1.29, 1.82) is 0 Å². The molecule has 1 atom stereocenters. The fraction of sp³-hybridized carbons (Fsp3) is 0.267. The van der Waals surface area contributed by atoms with Crippen molar-refractivity contribution in [3.8, 4) is 0 Å². The van der Waals surface area contributed by atoms with Gasteiger partial charge in [-0.3, -0.25) is 4.79 Å². The predicted molar refractivity (Wildman–Crippen MR) is 80.3 cm³/mol. The first-order valence-electron chi connectivity index (χ1n) is 6.40. The summed E-state index contributed by atoms with van der Waals surface area (Å²) in [6.07, 6.45) is 0. The third-order valence-electron chi connectivity index (χ3n) is 3.41. The second-order valence-corrected chi connectivity index (χ2v) is 6.19. The minimum Gasteiger partial charge on any atom is -0.396 e. The van der Waals surface area contributed by atoms with Gasteiger partial charge in [0.2, 0.25) is 0 Å². The molecule has 0 aliphatic heterocycles. The Labute approximate surface area is 126 Å². The van der Waals surface area contributed by atoms with Crippen LogP contribution in [0.25, 0.3) is 0 Å². The highest BCUT2D eigenvalue weighted by molar-refractivity contribution is 7.12. The Morgan fingerprint density at radius 2 is 1.95 bits per heavy atom. The second kappa shape index (κ2) is 5.81. The third-order valence-corrected chi connectivity index (χ3v) is 4.58. The van der Waals surface area contributed by atoms with Crippen LogP contribution in [-0.4, -0.2) is 17.9 Å². The molecule has 0 aliphatic rings. The first-order valence-corrected chi connectivity index (χ1v) is 7.21. The molecule has 1 heterocycles. The molecule has 1 aromatic heterocycles. The molecule has 2 rings (SSSR count). The molecular formula is C15H16F2N2OS. The van der Waals surface area contributed by atoms with Gasteiger partial charge in [-0.15, -0.1) is 11.3 Å². The van der Waals surface area contributed by atoms with Crippen LogP contribution in [0.15, 0.2) is 24.3 Å². The lowest BCUT2D eigenvalue weighted by Gasteiger charge is -2.24. The number of carbonyl (C=O) groups is 1. The van der Waals surface area contributed by atoms with Crippen molar-refractivity contribution >= 4 is 22.9 Å². The van der Waals surface area contributed by atoms with E-state index >= 15 is 0 Å². The van der Waals surface area contributed by atoms with Crippen molar-refractivity contribution in [1.82, 2.24) is 4.90 Å². The lowest BCUT2D eigenvalue weighted by Crippen LogP contribution is -2.31. The highest BCUT2D eigenvalue weighted by atomic mass is 32.1. The van der Waals surface area contributed by atoms with Crippen LogP contribution in [0.5, 0.6) is 0 Å². The Bertz CT molecular complexity index is 684. The number of anilines is 1. The van der Waals surface area contributed by atoms with E-state index < -0.39 is 23.1 Å². The van der Waals surface area contributed by atoms with Gasteiger partial charge in [0.05, 0.1) is 11.7 Å². The maximum absolute atomic E-state index is 13.9. The Morgan fingerprint density at radius 3 is 2.52 bits per heavy atom. The van der Waals surface area contributed by atoms with Gasteiger partial charge in [-0.05, 0) is 38.1 Å². The number of amides is 1. The van der Waals surface area contributed by atoms with Crippen LogP contribution in [-0.2, 0) is 0 Å². The minimum atomic E-state index is -1.01. The summed E-state index contributed by atoms with van der Waals surface area (Å²) < 4.78 is 27.7. The van der Waals surface area contributed by atoms with E-state index in [1.54, 1.807) is 11.3 Å². The van der Waals surface area contributed by atoms with Crippen molar-refractivity contribution in [2.45, 2.75) is 19.9 Å².